The number of rotatable bonds is 2. The average Bonchev–Trinajstić information content (AvgIpc) is 3.13. The van der Waals surface area contributed by atoms with Crippen molar-refractivity contribution in [3.8, 4) is 11.3 Å². The number of furan rings is 1. The third kappa shape index (κ3) is 2.69. The van der Waals surface area contributed by atoms with Gasteiger partial charge in [0.25, 0.3) is 0 Å². The third-order valence-electron chi connectivity index (χ3n) is 5.55. The molecule has 0 radical (unpaired) electrons. The molecular formula is C24H20N2O2. The molecule has 1 atom stereocenters. The van der Waals surface area contributed by atoms with Gasteiger partial charge in [0, 0.05) is 12.0 Å². The molecule has 4 nitrogen and oxygen atoms in total. The first-order chi connectivity index (χ1) is 13.6. The van der Waals surface area contributed by atoms with Gasteiger partial charge in [0.1, 0.15) is 5.76 Å². The molecule has 0 amide bonds. The molecule has 1 aliphatic carbocycles. The van der Waals surface area contributed by atoms with Crippen LogP contribution in [0.1, 0.15) is 39.5 Å². The van der Waals surface area contributed by atoms with Gasteiger partial charge >= 0.3 is 0 Å². The van der Waals surface area contributed by atoms with Crippen LogP contribution in [0.2, 0.25) is 0 Å². The molecule has 4 heteroatoms. The quantitative estimate of drug-likeness (QED) is 0.521. The molecule has 2 N–H and O–H groups in total. The average molecular weight is 368 g/mol. The van der Waals surface area contributed by atoms with Crippen molar-refractivity contribution in [2.75, 3.05) is 5.73 Å². The van der Waals surface area contributed by atoms with Gasteiger partial charge in [-0.3, -0.25) is 4.79 Å². The summed E-state index contributed by atoms with van der Waals surface area (Å²) in [5.74, 6) is 0.890. The van der Waals surface area contributed by atoms with E-state index >= 15 is 0 Å². The lowest BCUT2D eigenvalue weighted by molar-refractivity contribution is 0.0964. The van der Waals surface area contributed by atoms with Crippen molar-refractivity contribution < 1.29 is 9.21 Å². The Balaban J connectivity index is 1.61. The van der Waals surface area contributed by atoms with Gasteiger partial charge in [0.2, 0.25) is 5.71 Å². The second-order valence-corrected chi connectivity index (χ2v) is 7.48. The van der Waals surface area contributed by atoms with E-state index in [1.165, 1.54) is 5.56 Å². The summed E-state index contributed by atoms with van der Waals surface area (Å²) in [5.41, 5.74) is 12.0. The van der Waals surface area contributed by atoms with Gasteiger partial charge in [-0.15, -0.1) is 0 Å². The molecule has 138 valence electrons. The Kier molecular flexibility index (Phi) is 3.79. The summed E-state index contributed by atoms with van der Waals surface area (Å²) >= 11 is 0. The van der Waals surface area contributed by atoms with E-state index in [1.807, 2.05) is 55.5 Å². The van der Waals surface area contributed by atoms with Crippen LogP contribution in [-0.2, 0) is 6.42 Å². The number of Topliss-reactive ketones (excluding diaryl/α,β-unsaturated/α-hetero) is 1. The number of nitrogens with zero attached hydrogens (tertiary/aromatic N) is 1. The van der Waals surface area contributed by atoms with E-state index < -0.39 is 0 Å². The molecule has 1 unspecified atom stereocenters. The van der Waals surface area contributed by atoms with Crippen LogP contribution in [0.4, 0.5) is 5.69 Å². The zero-order chi connectivity index (χ0) is 19.3. The molecule has 2 heterocycles. The number of ketones is 1. The summed E-state index contributed by atoms with van der Waals surface area (Å²) in [5, 5.41) is 0.709. The fourth-order valence-electron chi connectivity index (χ4n) is 4.04. The maximum absolute atomic E-state index is 12.9. The van der Waals surface area contributed by atoms with Gasteiger partial charge in [-0.05, 0) is 30.9 Å². The minimum atomic E-state index is 0.0556. The fraction of sp³-hybridized carbons (Fsp3) is 0.167. The normalized spacial score (nSPS) is 16.3. The Bertz CT molecular complexity index is 1190. The van der Waals surface area contributed by atoms with E-state index in [0.717, 1.165) is 16.8 Å². The Labute approximate surface area is 163 Å². The van der Waals surface area contributed by atoms with Crippen molar-refractivity contribution in [1.29, 1.82) is 0 Å². The standard InChI is InChI=1S/C24H20N2O2/c1-14-7-9-16(10-8-14)21-13-18-23(25)22-19(26-24(18)28-21)11-17(12-20(22)27)15-5-3-2-4-6-15/h2-10,13,17H,11-12H2,1H3,(H2,25,26). The minimum Gasteiger partial charge on any atom is -0.438 e. The Hall–Kier alpha value is -3.40. The highest BCUT2D eigenvalue weighted by molar-refractivity contribution is 6.09. The molecule has 0 bridgehead atoms. The zero-order valence-corrected chi connectivity index (χ0v) is 15.6. The molecule has 0 spiro atoms. The monoisotopic (exact) mass is 368 g/mol. The Morgan fingerprint density at radius 2 is 1.79 bits per heavy atom. The molecular weight excluding hydrogens is 348 g/mol. The van der Waals surface area contributed by atoms with Gasteiger partial charge in [-0.25, -0.2) is 4.98 Å². The van der Waals surface area contributed by atoms with Gasteiger partial charge in [0.15, 0.2) is 5.78 Å². The van der Waals surface area contributed by atoms with Crippen LogP contribution in [0, 0.1) is 6.92 Å². The van der Waals surface area contributed by atoms with Crippen LogP contribution in [0.3, 0.4) is 0 Å². The SMILES string of the molecule is Cc1ccc(-c2cc3c(N)c4c(nc3o2)CC(c2ccccc2)CC4=O)cc1. The van der Waals surface area contributed by atoms with Crippen molar-refractivity contribution in [3.63, 3.8) is 0 Å². The summed E-state index contributed by atoms with van der Waals surface area (Å²) in [6, 6.07) is 20.1. The molecule has 0 saturated heterocycles. The molecule has 2 aromatic carbocycles. The number of anilines is 1. The third-order valence-corrected chi connectivity index (χ3v) is 5.55. The molecule has 0 aliphatic heterocycles. The van der Waals surface area contributed by atoms with Crippen LogP contribution in [0.25, 0.3) is 22.4 Å². The predicted octanol–water partition coefficient (Wildman–Crippen LogP) is 5.30. The number of carbonyl (C=O) groups is 1. The van der Waals surface area contributed by atoms with Crippen molar-refractivity contribution in [2.24, 2.45) is 0 Å². The number of aryl methyl sites for hydroxylation is 1. The lowest BCUT2D eigenvalue weighted by Crippen LogP contribution is -2.21. The van der Waals surface area contributed by atoms with E-state index in [-0.39, 0.29) is 11.7 Å². The van der Waals surface area contributed by atoms with Gasteiger partial charge < -0.3 is 10.2 Å². The van der Waals surface area contributed by atoms with E-state index in [2.05, 4.69) is 12.1 Å². The molecule has 4 aromatic rings. The highest BCUT2D eigenvalue weighted by Gasteiger charge is 2.31. The van der Waals surface area contributed by atoms with E-state index in [4.69, 9.17) is 15.1 Å². The van der Waals surface area contributed by atoms with E-state index in [9.17, 15) is 4.79 Å². The van der Waals surface area contributed by atoms with Crippen LogP contribution in [0.5, 0.6) is 0 Å². The lowest BCUT2D eigenvalue weighted by atomic mass is 9.81. The first-order valence-electron chi connectivity index (χ1n) is 9.47. The fourth-order valence-corrected chi connectivity index (χ4v) is 4.04. The van der Waals surface area contributed by atoms with Gasteiger partial charge in [-0.1, -0.05) is 60.2 Å². The number of hydrogen-bond donors (Lipinski definition) is 1. The highest BCUT2D eigenvalue weighted by atomic mass is 16.3. The van der Waals surface area contributed by atoms with Crippen molar-refractivity contribution in [2.45, 2.75) is 25.7 Å². The van der Waals surface area contributed by atoms with Crippen molar-refractivity contribution in [3.05, 3.63) is 83.0 Å². The maximum atomic E-state index is 12.9. The lowest BCUT2D eigenvalue weighted by Gasteiger charge is -2.24. The van der Waals surface area contributed by atoms with Gasteiger partial charge in [0.05, 0.1) is 22.3 Å². The Morgan fingerprint density at radius 3 is 2.54 bits per heavy atom. The molecule has 0 fully saturated rings. The second-order valence-electron chi connectivity index (χ2n) is 7.48. The first-order valence-corrected chi connectivity index (χ1v) is 9.47. The number of pyridine rings is 1. The maximum Gasteiger partial charge on any atom is 0.229 e. The largest absolute Gasteiger partial charge is 0.438 e. The number of hydrogen-bond acceptors (Lipinski definition) is 4. The van der Waals surface area contributed by atoms with Crippen molar-refractivity contribution >= 4 is 22.6 Å². The smallest absolute Gasteiger partial charge is 0.229 e. The zero-order valence-electron chi connectivity index (χ0n) is 15.6. The molecule has 2 aromatic heterocycles. The number of fused-ring (bicyclic) bond motifs is 2. The number of nitrogens with two attached hydrogens (primary N) is 1. The number of carbonyl (C=O) groups excluding carboxylic acids is 1. The number of aromatic nitrogens is 1. The topological polar surface area (TPSA) is 69.1 Å². The molecule has 5 rings (SSSR count). The highest BCUT2D eigenvalue weighted by Crippen LogP contribution is 2.39. The van der Waals surface area contributed by atoms with Crippen molar-refractivity contribution in [1.82, 2.24) is 4.98 Å². The summed E-state index contributed by atoms with van der Waals surface area (Å²) < 4.78 is 6.01. The summed E-state index contributed by atoms with van der Waals surface area (Å²) in [4.78, 5) is 17.6. The van der Waals surface area contributed by atoms with Gasteiger partial charge in [-0.2, -0.15) is 0 Å². The number of benzene rings is 2. The minimum absolute atomic E-state index is 0.0556. The molecule has 1 aliphatic rings. The van der Waals surface area contributed by atoms with E-state index in [0.29, 0.717) is 41.0 Å². The molecule has 0 saturated carbocycles. The van der Waals surface area contributed by atoms with Crippen LogP contribution < -0.4 is 5.73 Å². The van der Waals surface area contributed by atoms with E-state index in [1.54, 1.807) is 0 Å². The van der Waals surface area contributed by atoms with Crippen LogP contribution >= 0.6 is 0 Å². The summed E-state index contributed by atoms with van der Waals surface area (Å²) in [6.07, 6.45) is 1.14. The second kappa shape index (κ2) is 6.34. The summed E-state index contributed by atoms with van der Waals surface area (Å²) in [6.45, 7) is 2.05. The summed E-state index contributed by atoms with van der Waals surface area (Å²) in [7, 11) is 0. The predicted molar refractivity (Wildman–Crippen MR) is 110 cm³/mol. The first kappa shape index (κ1) is 16.8. The molecule has 28 heavy (non-hydrogen) atoms. The van der Waals surface area contributed by atoms with Crippen LogP contribution in [0.15, 0.2) is 65.1 Å². The number of nitrogen functional groups attached to an aromatic ring is 1. The Morgan fingerprint density at radius 1 is 1.04 bits per heavy atom. The van der Waals surface area contributed by atoms with Crippen LogP contribution in [-0.4, -0.2) is 10.8 Å².